The Morgan fingerprint density at radius 3 is 1.35 bits per heavy atom. The van der Waals surface area contributed by atoms with E-state index in [9.17, 15) is 4.91 Å². The van der Waals surface area contributed by atoms with E-state index in [1.807, 2.05) is 0 Å². The second kappa shape index (κ2) is 12.1. The van der Waals surface area contributed by atoms with Crippen LogP contribution in [-0.4, -0.2) is 73.9 Å². The molecule has 2 aromatic rings. The van der Waals surface area contributed by atoms with Crippen molar-refractivity contribution in [2.45, 2.75) is 90.9 Å². The van der Waals surface area contributed by atoms with E-state index in [0.717, 1.165) is 0 Å². The van der Waals surface area contributed by atoms with Gasteiger partial charge in [-0.2, -0.15) is 19.9 Å². The van der Waals surface area contributed by atoms with Crippen LogP contribution in [0.2, 0.25) is 0 Å². The molecule has 0 N–H and O–H groups in total. The third-order valence-electron chi connectivity index (χ3n) is 6.96. The van der Waals surface area contributed by atoms with Gasteiger partial charge < -0.3 is 0 Å². The molecule has 2 aliphatic carbocycles. The first kappa shape index (κ1) is 33.3. The summed E-state index contributed by atoms with van der Waals surface area (Å²) < 4.78 is -0.803. The number of halogens is 10. The average molecular weight is 763 g/mol. The van der Waals surface area contributed by atoms with Crippen molar-refractivity contribution in [3.63, 3.8) is 0 Å². The van der Waals surface area contributed by atoms with Gasteiger partial charge >= 0.3 is 5.09 Å². The number of rotatable bonds is 16. The molecule has 0 radical (unpaired) electrons. The SMILES string of the molecule is O=[N+](OC(Cn1cncn1)(CC(Cl)(Cl)C(Cl)Cl)C1(Cl)CC1)OC(Cn1cncn1)(CC(Cl)(Cl)C(Cl)Cl)C1(Cl)CC1. The summed E-state index contributed by atoms with van der Waals surface area (Å²) in [4.78, 5) is 28.8. The Kier molecular flexibility index (Phi) is 10.0. The zero-order chi connectivity index (χ0) is 29.6. The van der Waals surface area contributed by atoms with Gasteiger partial charge in [0.1, 0.15) is 39.9 Å². The van der Waals surface area contributed by atoms with Crippen LogP contribution in [0.1, 0.15) is 38.5 Å². The minimum Gasteiger partial charge on any atom is -0.249 e. The lowest BCUT2D eigenvalue weighted by molar-refractivity contribution is -1.01. The van der Waals surface area contributed by atoms with Gasteiger partial charge in [0.25, 0.3) is 0 Å². The molecule has 2 heterocycles. The number of aromatic nitrogens is 6. The van der Waals surface area contributed by atoms with Crippen LogP contribution in [0.3, 0.4) is 0 Å². The van der Waals surface area contributed by atoms with Crippen LogP contribution >= 0.6 is 116 Å². The molecule has 10 nitrogen and oxygen atoms in total. The topological polar surface area (TPSA) is 100.0 Å². The van der Waals surface area contributed by atoms with Crippen molar-refractivity contribution in [2.75, 3.05) is 0 Å². The Morgan fingerprint density at radius 1 is 0.750 bits per heavy atom. The minimum atomic E-state index is -1.80. The van der Waals surface area contributed by atoms with Crippen molar-refractivity contribution >= 4 is 116 Å². The van der Waals surface area contributed by atoms with Crippen LogP contribution in [0.4, 0.5) is 0 Å². The van der Waals surface area contributed by atoms with Gasteiger partial charge in [-0.25, -0.2) is 19.3 Å². The van der Waals surface area contributed by atoms with Crippen molar-refractivity contribution in [1.82, 2.24) is 29.5 Å². The first-order valence-corrected chi connectivity index (χ1v) is 15.7. The van der Waals surface area contributed by atoms with Crippen LogP contribution in [0.15, 0.2) is 25.3 Å². The van der Waals surface area contributed by atoms with E-state index in [1.54, 1.807) is 0 Å². The second-order valence-electron chi connectivity index (χ2n) is 9.99. The van der Waals surface area contributed by atoms with Gasteiger partial charge in [-0.15, -0.1) is 69.6 Å². The fourth-order valence-corrected chi connectivity index (χ4v) is 6.18. The predicted octanol–water partition coefficient (Wildman–Crippen LogP) is 6.97. The summed E-state index contributed by atoms with van der Waals surface area (Å²) in [6.45, 7) is -0.245. The Labute approximate surface area is 279 Å². The van der Waals surface area contributed by atoms with Gasteiger partial charge in [-0.05, 0) is 25.7 Å². The van der Waals surface area contributed by atoms with Gasteiger partial charge in [0.05, 0.1) is 22.8 Å². The zero-order valence-corrected chi connectivity index (χ0v) is 27.8. The molecule has 0 aliphatic heterocycles. The van der Waals surface area contributed by atoms with Crippen molar-refractivity contribution in [3.05, 3.63) is 30.2 Å². The number of hydrogen-bond donors (Lipinski definition) is 0. The maximum absolute atomic E-state index is 13.8. The summed E-state index contributed by atoms with van der Waals surface area (Å²) in [7, 11) is 0. The molecule has 224 valence electrons. The molecule has 4 rings (SSSR count). The molecule has 0 aromatic carbocycles. The molecular weight excluding hydrogens is 741 g/mol. The lowest BCUT2D eigenvalue weighted by Gasteiger charge is -2.38. The van der Waals surface area contributed by atoms with Crippen molar-refractivity contribution in [3.8, 4) is 0 Å². The van der Waals surface area contributed by atoms with Crippen LogP contribution in [0, 0.1) is 4.91 Å². The second-order valence-corrected chi connectivity index (χ2v) is 16.7. The van der Waals surface area contributed by atoms with Crippen molar-refractivity contribution < 1.29 is 14.8 Å². The summed E-state index contributed by atoms with van der Waals surface area (Å²) in [6.07, 6.45) is 6.54. The van der Waals surface area contributed by atoms with Gasteiger partial charge in [0, 0.05) is 12.8 Å². The molecule has 2 unspecified atom stereocenters. The summed E-state index contributed by atoms with van der Waals surface area (Å²) in [5, 5.41) is 8.12. The highest BCUT2D eigenvalue weighted by Crippen LogP contribution is 2.60. The molecule has 40 heavy (non-hydrogen) atoms. The van der Waals surface area contributed by atoms with Crippen molar-refractivity contribution in [2.24, 2.45) is 0 Å². The zero-order valence-electron chi connectivity index (χ0n) is 20.3. The van der Waals surface area contributed by atoms with E-state index in [2.05, 4.69) is 20.2 Å². The van der Waals surface area contributed by atoms with Gasteiger partial charge in [-0.3, -0.25) is 0 Å². The van der Waals surface area contributed by atoms with Gasteiger partial charge in [-0.1, -0.05) is 46.4 Å². The largest absolute Gasteiger partial charge is 0.478 e. The lowest BCUT2D eigenvalue weighted by atomic mass is 9.90. The molecule has 2 aliphatic rings. The Hall–Kier alpha value is 0.380. The highest BCUT2D eigenvalue weighted by molar-refractivity contribution is 6.60. The van der Waals surface area contributed by atoms with E-state index in [1.165, 1.54) is 34.7 Å². The maximum atomic E-state index is 13.8. The smallest absolute Gasteiger partial charge is 0.249 e. The quantitative estimate of drug-likeness (QED) is 0.135. The molecule has 0 bridgehead atoms. The standard InChI is InChI=1S/C20H22Cl10N7O3/c21-13(22)19(27,28)5-17(15(25)1-2-15,7-35-11-31-9-33-35)39-37(38)40-18(16(26)3-4-16,6-20(29,30)14(23)24)8-36-12-32-10-34-36/h9-14H,1-8H2/q+1. The van der Waals surface area contributed by atoms with E-state index in [0.29, 0.717) is 25.7 Å². The van der Waals surface area contributed by atoms with Crippen LogP contribution < -0.4 is 0 Å². The van der Waals surface area contributed by atoms with Crippen LogP contribution in [-0.2, 0) is 22.8 Å². The minimum absolute atomic E-state index is 0.110. The summed E-state index contributed by atoms with van der Waals surface area (Å²) >= 11 is 64.2. The Balaban J connectivity index is 1.73. The number of hydrogen-bond acceptors (Lipinski definition) is 7. The average Bonchev–Trinajstić information content (AvgIpc) is 3.61. The molecule has 0 spiro atoms. The third-order valence-corrected chi connectivity index (χ3v) is 12.2. The molecule has 20 heteroatoms. The molecular formula is C20H22Cl10N7O3+. The van der Waals surface area contributed by atoms with E-state index < -0.39 is 39.3 Å². The summed E-state index contributed by atoms with van der Waals surface area (Å²) in [5.41, 5.74) is -3.31. The summed E-state index contributed by atoms with van der Waals surface area (Å²) in [5.74, 6) is 0. The highest BCUT2D eigenvalue weighted by Gasteiger charge is 2.71. The molecule has 0 amide bonds. The number of alkyl halides is 10. The van der Waals surface area contributed by atoms with E-state index in [4.69, 9.17) is 126 Å². The highest BCUT2D eigenvalue weighted by atomic mass is 35.5. The van der Waals surface area contributed by atoms with E-state index in [-0.39, 0.29) is 31.0 Å². The summed E-state index contributed by atoms with van der Waals surface area (Å²) in [6, 6.07) is 0. The van der Waals surface area contributed by atoms with Crippen molar-refractivity contribution in [1.29, 1.82) is 0 Å². The lowest BCUT2D eigenvalue weighted by Crippen LogP contribution is -2.57. The fraction of sp³-hybridized carbons (Fsp3) is 0.800. The van der Waals surface area contributed by atoms with Gasteiger partial charge in [0.2, 0.25) is 11.2 Å². The predicted molar refractivity (Wildman–Crippen MR) is 156 cm³/mol. The van der Waals surface area contributed by atoms with Crippen LogP contribution in [0.5, 0.6) is 0 Å². The monoisotopic (exact) mass is 758 g/mol. The first-order valence-electron chi connectivity index (χ1n) is 11.7. The fourth-order valence-electron chi connectivity index (χ4n) is 4.50. The third kappa shape index (κ3) is 7.19. The number of nitrogens with zero attached hydrogens (tertiary/aromatic N) is 7. The molecule has 0 saturated heterocycles. The Morgan fingerprint density at radius 2 is 1.10 bits per heavy atom. The van der Waals surface area contributed by atoms with E-state index >= 15 is 0 Å². The van der Waals surface area contributed by atoms with Gasteiger partial charge in [0.15, 0.2) is 8.67 Å². The maximum Gasteiger partial charge on any atom is 0.478 e. The first-order chi connectivity index (χ1) is 18.5. The molecule has 2 aromatic heterocycles. The molecule has 2 atom stereocenters. The Bertz CT molecular complexity index is 1070. The van der Waals surface area contributed by atoms with Crippen LogP contribution in [0.25, 0.3) is 0 Å². The normalized spacial score (nSPS) is 21.1. The molecule has 2 fully saturated rings. The molecule has 2 saturated carbocycles.